The first-order valence-corrected chi connectivity index (χ1v) is 8.21. The topological polar surface area (TPSA) is 54.9 Å². The highest BCUT2D eigenvalue weighted by Crippen LogP contribution is 2.25. The Kier molecular flexibility index (Phi) is 7.47. The van der Waals surface area contributed by atoms with E-state index in [9.17, 15) is 8.78 Å². The molecule has 2 rings (SSSR count). The van der Waals surface area contributed by atoms with Crippen molar-refractivity contribution in [2.45, 2.75) is 19.7 Å². The summed E-state index contributed by atoms with van der Waals surface area (Å²) < 4.78 is 34.8. The molecule has 0 saturated carbocycles. The zero-order valence-corrected chi connectivity index (χ0v) is 15.2. The van der Waals surface area contributed by atoms with Crippen LogP contribution in [0.2, 0.25) is 5.02 Å². The van der Waals surface area contributed by atoms with E-state index < -0.39 is 6.61 Å². The van der Waals surface area contributed by atoms with Crippen LogP contribution in [0.5, 0.6) is 11.5 Å². The third-order valence-electron chi connectivity index (χ3n) is 3.56. The van der Waals surface area contributed by atoms with Gasteiger partial charge in [-0.3, -0.25) is 4.99 Å². The third-order valence-corrected chi connectivity index (χ3v) is 3.93. The Bertz CT molecular complexity index is 757. The van der Waals surface area contributed by atoms with Gasteiger partial charge in [-0.25, -0.2) is 0 Å². The number of methoxy groups -OCH3 is 1. The Morgan fingerprint density at radius 3 is 2.42 bits per heavy atom. The summed E-state index contributed by atoms with van der Waals surface area (Å²) in [5, 5.41) is 6.82. The molecule has 0 radical (unpaired) electrons. The first-order chi connectivity index (χ1) is 12.5. The SMILES string of the molecule is CN=C(NCc1ccccc1Cl)NCc1cc(OC)ccc1OC(F)F. The van der Waals surface area contributed by atoms with E-state index in [-0.39, 0.29) is 12.3 Å². The summed E-state index contributed by atoms with van der Waals surface area (Å²) >= 11 is 6.12. The van der Waals surface area contributed by atoms with Gasteiger partial charge in [0.2, 0.25) is 0 Å². The molecule has 26 heavy (non-hydrogen) atoms. The van der Waals surface area contributed by atoms with Crippen LogP contribution in [-0.4, -0.2) is 26.7 Å². The highest BCUT2D eigenvalue weighted by molar-refractivity contribution is 6.31. The summed E-state index contributed by atoms with van der Waals surface area (Å²) in [7, 11) is 3.12. The molecule has 0 spiro atoms. The Morgan fingerprint density at radius 1 is 1.12 bits per heavy atom. The summed E-state index contributed by atoms with van der Waals surface area (Å²) in [6.45, 7) is -2.21. The van der Waals surface area contributed by atoms with Crippen molar-refractivity contribution in [3.05, 3.63) is 58.6 Å². The van der Waals surface area contributed by atoms with E-state index in [0.29, 0.717) is 28.8 Å². The van der Waals surface area contributed by atoms with Crippen molar-refractivity contribution >= 4 is 17.6 Å². The lowest BCUT2D eigenvalue weighted by molar-refractivity contribution is -0.0504. The van der Waals surface area contributed by atoms with Crippen molar-refractivity contribution in [2.24, 2.45) is 4.99 Å². The minimum atomic E-state index is -2.90. The number of guanidine groups is 1. The second-order valence-corrected chi connectivity index (χ2v) is 5.63. The molecule has 0 heterocycles. The Morgan fingerprint density at radius 2 is 1.81 bits per heavy atom. The van der Waals surface area contributed by atoms with E-state index >= 15 is 0 Å². The predicted molar refractivity (Wildman–Crippen MR) is 98.1 cm³/mol. The molecule has 0 unspecified atom stereocenters. The molecule has 5 nitrogen and oxygen atoms in total. The van der Waals surface area contributed by atoms with Crippen LogP contribution in [0, 0.1) is 0 Å². The summed E-state index contributed by atoms with van der Waals surface area (Å²) in [5.74, 6) is 1.12. The number of benzene rings is 2. The largest absolute Gasteiger partial charge is 0.497 e. The van der Waals surface area contributed by atoms with Crippen LogP contribution < -0.4 is 20.1 Å². The average Bonchev–Trinajstić information content (AvgIpc) is 2.63. The molecule has 0 saturated heterocycles. The van der Waals surface area contributed by atoms with Crippen LogP contribution in [-0.2, 0) is 13.1 Å². The van der Waals surface area contributed by atoms with Crippen LogP contribution in [0.3, 0.4) is 0 Å². The van der Waals surface area contributed by atoms with E-state index in [1.807, 2.05) is 18.2 Å². The number of hydrogen-bond donors (Lipinski definition) is 2. The van der Waals surface area contributed by atoms with E-state index in [1.165, 1.54) is 13.2 Å². The summed E-state index contributed by atoms with van der Waals surface area (Å²) in [6.07, 6.45) is 0. The maximum Gasteiger partial charge on any atom is 0.387 e. The normalized spacial score (nSPS) is 11.4. The number of halogens is 3. The highest BCUT2D eigenvalue weighted by Gasteiger charge is 2.11. The van der Waals surface area contributed by atoms with E-state index in [4.69, 9.17) is 16.3 Å². The van der Waals surface area contributed by atoms with Gasteiger partial charge >= 0.3 is 6.61 Å². The molecule has 0 aliphatic heterocycles. The lowest BCUT2D eigenvalue weighted by Gasteiger charge is -2.15. The third kappa shape index (κ3) is 5.77. The second-order valence-electron chi connectivity index (χ2n) is 5.22. The fourth-order valence-corrected chi connectivity index (χ4v) is 2.45. The van der Waals surface area contributed by atoms with Crippen molar-refractivity contribution in [1.29, 1.82) is 0 Å². The molecule has 0 amide bonds. The van der Waals surface area contributed by atoms with Crippen molar-refractivity contribution in [1.82, 2.24) is 10.6 Å². The molecule has 0 aliphatic carbocycles. The lowest BCUT2D eigenvalue weighted by atomic mass is 10.2. The van der Waals surface area contributed by atoms with Crippen molar-refractivity contribution in [3.8, 4) is 11.5 Å². The monoisotopic (exact) mass is 383 g/mol. The molecular weight excluding hydrogens is 364 g/mol. The molecule has 8 heteroatoms. The van der Waals surface area contributed by atoms with Gasteiger partial charge < -0.3 is 20.1 Å². The molecular formula is C18H20ClF2N3O2. The fourth-order valence-electron chi connectivity index (χ4n) is 2.25. The minimum Gasteiger partial charge on any atom is -0.497 e. The van der Waals surface area contributed by atoms with Gasteiger partial charge in [0.15, 0.2) is 5.96 Å². The van der Waals surface area contributed by atoms with Crippen molar-refractivity contribution in [3.63, 3.8) is 0 Å². The maximum absolute atomic E-state index is 12.6. The van der Waals surface area contributed by atoms with Gasteiger partial charge in [0.25, 0.3) is 0 Å². The smallest absolute Gasteiger partial charge is 0.387 e. The van der Waals surface area contributed by atoms with Gasteiger partial charge in [0.1, 0.15) is 11.5 Å². The van der Waals surface area contributed by atoms with E-state index in [2.05, 4.69) is 20.4 Å². The molecule has 0 bridgehead atoms. The van der Waals surface area contributed by atoms with Gasteiger partial charge in [-0.15, -0.1) is 0 Å². The van der Waals surface area contributed by atoms with Crippen molar-refractivity contribution in [2.75, 3.05) is 14.2 Å². The Hall–Kier alpha value is -2.54. The molecule has 140 valence electrons. The maximum atomic E-state index is 12.6. The zero-order chi connectivity index (χ0) is 18.9. The summed E-state index contributed by atoms with van der Waals surface area (Å²) in [5.41, 5.74) is 1.44. The molecule has 2 aromatic carbocycles. The Balaban J connectivity index is 2.02. The van der Waals surface area contributed by atoms with Gasteiger partial charge in [0, 0.05) is 30.7 Å². The zero-order valence-electron chi connectivity index (χ0n) is 14.4. The van der Waals surface area contributed by atoms with Crippen LogP contribution in [0.25, 0.3) is 0 Å². The van der Waals surface area contributed by atoms with Gasteiger partial charge in [0.05, 0.1) is 7.11 Å². The fraction of sp³-hybridized carbons (Fsp3) is 0.278. The van der Waals surface area contributed by atoms with E-state index in [0.717, 1.165) is 5.56 Å². The Labute approximate surface area is 156 Å². The number of alkyl halides is 2. The molecule has 2 N–H and O–H groups in total. The number of aliphatic imine (C=N–C) groups is 1. The van der Waals surface area contributed by atoms with Crippen molar-refractivity contribution < 1.29 is 18.3 Å². The van der Waals surface area contributed by atoms with Crippen LogP contribution in [0.1, 0.15) is 11.1 Å². The van der Waals surface area contributed by atoms with Crippen LogP contribution >= 0.6 is 11.6 Å². The average molecular weight is 384 g/mol. The van der Waals surface area contributed by atoms with Gasteiger partial charge in [-0.1, -0.05) is 29.8 Å². The number of nitrogens with zero attached hydrogens (tertiary/aromatic N) is 1. The number of hydrogen-bond acceptors (Lipinski definition) is 3. The molecule has 0 fully saturated rings. The predicted octanol–water partition coefficient (Wildman–Crippen LogP) is 3.82. The highest BCUT2D eigenvalue weighted by atomic mass is 35.5. The van der Waals surface area contributed by atoms with Crippen LogP contribution in [0.15, 0.2) is 47.5 Å². The number of nitrogens with one attached hydrogen (secondary N) is 2. The van der Waals surface area contributed by atoms with Crippen LogP contribution in [0.4, 0.5) is 8.78 Å². The molecule has 0 aromatic heterocycles. The number of ether oxygens (including phenoxy) is 2. The lowest BCUT2D eigenvalue weighted by Crippen LogP contribution is -2.36. The minimum absolute atomic E-state index is 0.0786. The van der Waals surface area contributed by atoms with Gasteiger partial charge in [-0.05, 0) is 29.8 Å². The van der Waals surface area contributed by atoms with Gasteiger partial charge in [-0.2, -0.15) is 8.78 Å². The first-order valence-electron chi connectivity index (χ1n) is 7.83. The molecule has 0 aliphatic rings. The first kappa shape index (κ1) is 19.8. The molecule has 2 aromatic rings. The quantitative estimate of drug-likeness (QED) is 0.564. The summed E-state index contributed by atoms with van der Waals surface area (Å²) in [6, 6.07) is 12.1. The van der Waals surface area contributed by atoms with E-state index in [1.54, 1.807) is 25.2 Å². The standard InChI is InChI=1S/C18H20ClF2N3O2/c1-22-18(23-10-12-5-3-4-6-15(12)19)24-11-13-9-14(25-2)7-8-16(13)26-17(20)21/h3-9,17H,10-11H2,1-2H3,(H2,22,23,24). The second kappa shape index (κ2) is 9.82. The summed E-state index contributed by atoms with van der Waals surface area (Å²) in [4.78, 5) is 4.11. The molecule has 0 atom stereocenters. The number of rotatable bonds is 7.